The lowest BCUT2D eigenvalue weighted by atomic mass is 9.95. The van der Waals surface area contributed by atoms with Crippen LogP contribution in [0.25, 0.3) is 0 Å². The zero-order valence-corrected chi connectivity index (χ0v) is 14.5. The molecule has 0 atom stereocenters. The number of halogens is 3. The average molecular weight is 429 g/mol. The van der Waals surface area contributed by atoms with Gasteiger partial charge in [0.2, 0.25) is 5.78 Å². The molecule has 0 saturated carbocycles. The molecule has 0 saturated heterocycles. The maximum atomic E-state index is 12.2. The molecule has 1 aromatic rings. The average Bonchev–Trinajstić information content (AvgIpc) is 2.14. The lowest BCUT2D eigenvalue weighted by Crippen LogP contribution is -2.18. The lowest BCUT2D eigenvalue weighted by molar-refractivity contribution is 0.101. The molecule has 1 N–H and O–H groups in total. The summed E-state index contributed by atoms with van der Waals surface area (Å²) < 4.78 is -0.955. The smallest absolute Gasteiger partial charge is 0.201 e. The largest absolute Gasteiger partial charge is 0.508 e. The van der Waals surface area contributed by atoms with Gasteiger partial charge in [-0.2, -0.15) is 0 Å². The minimum Gasteiger partial charge on any atom is -0.508 e. The van der Waals surface area contributed by atoms with E-state index in [2.05, 4.69) is 47.8 Å². The maximum absolute atomic E-state index is 12.2. The Balaban J connectivity index is 3.35. The predicted molar refractivity (Wildman–Crippen MR) is 80.8 cm³/mol. The highest BCUT2D eigenvalue weighted by Crippen LogP contribution is 2.39. The summed E-state index contributed by atoms with van der Waals surface area (Å²) in [5.41, 5.74) is 2.10. The summed E-state index contributed by atoms with van der Waals surface area (Å²) in [5.74, 6) is 0.271. The van der Waals surface area contributed by atoms with E-state index in [1.54, 1.807) is 19.1 Å². The van der Waals surface area contributed by atoms with Crippen LogP contribution in [0.15, 0.2) is 12.1 Å². The van der Waals surface area contributed by atoms with Crippen LogP contribution in [0.5, 0.6) is 5.75 Å². The number of aromatic hydroxyl groups is 1. The number of Topliss-reactive ketones (excluding diaryl/α,β-unsaturated/α-hetero) is 1. The molecule has 1 rings (SSSR count). The van der Waals surface area contributed by atoms with E-state index < -0.39 is 2.14 Å². The first-order chi connectivity index (χ1) is 7.64. The van der Waals surface area contributed by atoms with Crippen LogP contribution in [0.4, 0.5) is 0 Å². The Hall–Kier alpha value is 0.130. The number of hydrogen-bond acceptors (Lipinski definition) is 2. The molecule has 1 aromatic carbocycles. The first-order valence-corrected chi connectivity index (χ1v) is 7.47. The minimum atomic E-state index is -0.955. The number of aryl methyl sites for hydroxylation is 1. The Morgan fingerprint density at radius 2 is 1.82 bits per heavy atom. The van der Waals surface area contributed by atoms with Crippen LogP contribution < -0.4 is 0 Å². The molecule has 0 amide bonds. The van der Waals surface area contributed by atoms with Gasteiger partial charge in [0.05, 0.1) is 0 Å². The van der Waals surface area contributed by atoms with E-state index >= 15 is 0 Å². The van der Waals surface area contributed by atoms with Gasteiger partial charge in [-0.3, -0.25) is 4.79 Å². The molecular formula is C12H13Br3O2. The first kappa shape index (κ1) is 15.2. The molecule has 0 aromatic heterocycles. The zero-order valence-electron chi connectivity index (χ0n) is 9.72. The summed E-state index contributed by atoms with van der Waals surface area (Å²) in [4.78, 5) is 12.2. The molecule has 94 valence electrons. The van der Waals surface area contributed by atoms with Crippen LogP contribution in [-0.4, -0.2) is 13.0 Å². The van der Waals surface area contributed by atoms with Gasteiger partial charge in [0.1, 0.15) is 5.75 Å². The summed E-state index contributed by atoms with van der Waals surface area (Å²) in [6.45, 7) is 5.75. The van der Waals surface area contributed by atoms with E-state index in [0.717, 1.165) is 11.1 Å². The van der Waals surface area contributed by atoms with Crippen LogP contribution in [0.1, 0.15) is 41.3 Å². The number of phenolic OH excluding ortho intramolecular Hbond substituents is 1. The number of carbonyl (C=O) groups is 1. The van der Waals surface area contributed by atoms with Crippen molar-refractivity contribution in [1.82, 2.24) is 0 Å². The summed E-state index contributed by atoms with van der Waals surface area (Å²) in [5, 5.41) is 9.82. The Kier molecular flexibility index (Phi) is 4.83. The SMILES string of the molecule is Cc1cc(O)c(C(C)C)cc1C(=O)C(Br)(Br)Br. The Morgan fingerprint density at radius 1 is 1.29 bits per heavy atom. The summed E-state index contributed by atoms with van der Waals surface area (Å²) in [6, 6.07) is 3.37. The van der Waals surface area contributed by atoms with Crippen LogP contribution in [0, 0.1) is 6.92 Å². The second-order valence-electron chi connectivity index (χ2n) is 4.21. The van der Waals surface area contributed by atoms with Gasteiger partial charge in [-0.25, -0.2) is 0 Å². The van der Waals surface area contributed by atoms with E-state index in [4.69, 9.17) is 0 Å². The van der Waals surface area contributed by atoms with Crippen molar-refractivity contribution in [3.05, 3.63) is 28.8 Å². The van der Waals surface area contributed by atoms with Gasteiger partial charge >= 0.3 is 0 Å². The van der Waals surface area contributed by atoms with Gasteiger partial charge in [-0.15, -0.1) is 0 Å². The molecule has 0 fully saturated rings. The molecule has 0 bridgehead atoms. The van der Waals surface area contributed by atoms with Crippen molar-refractivity contribution < 1.29 is 9.90 Å². The van der Waals surface area contributed by atoms with E-state index in [0.29, 0.717) is 5.56 Å². The second-order valence-corrected chi connectivity index (χ2v) is 11.0. The number of rotatable bonds is 2. The fourth-order valence-electron chi connectivity index (χ4n) is 1.57. The number of carbonyl (C=O) groups excluding carboxylic acids is 1. The minimum absolute atomic E-state index is 0.128. The summed E-state index contributed by atoms with van der Waals surface area (Å²) >= 11 is 9.65. The molecule has 0 radical (unpaired) electrons. The highest BCUT2D eigenvalue weighted by molar-refractivity contribution is 9.40. The summed E-state index contributed by atoms with van der Waals surface area (Å²) in [6.07, 6.45) is 0. The van der Waals surface area contributed by atoms with Gasteiger partial charge in [0, 0.05) is 5.56 Å². The molecule has 0 aliphatic rings. The van der Waals surface area contributed by atoms with Crippen molar-refractivity contribution in [2.24, 2.45) is 0 Å². The van der Waals surface area contributed by atoms with Crippen LogP contribution in [0.3, 0.4) is 0 Å². The topological polar surface area (TPSA) is 37.3 Å². The molecule has 5 heteroatoms. The van der Waals surface area contributed by atoms with Crippen LogP contribution in [0.2, 0.25) is 0 Å². The number of hydrogen-bond donors (Lipinski definition) is 1. The molecule has 2 nitrogen and oxygen atoms in total. The normalized spacial score (nSPS) is 11.9. The third kappa shape index (κ3) is 3.55. The van der Waals surface area contributed by atoms with Crippen molar-refractivity contribution in [3.8, 4) is 5.75 Å². The predicted octanol–water partition coefficient (Wildman–Crippen LogP) is 4.85. The van der Waals surface area contributed by atoms with Crippen molar-refractivity contribution in [2.75, 3.05) is 0 Å². The monoisotopic (exact) mass is 426 g/mol. The molecular weight excluding hydrogens is 416 g/mol. The Bertz CT molecular complexity index is 448. The maximum Gasteiger partial charge on any atom is 0.201 e. The Labute approximate surface area is 126 Å². The number of ketones is 1. The first-order valence-electron chi connectivity index (χ1n) is 5.09. The number of alkyl halides is 3. The highest BCUT2D eigenvalue weighted by atomic mass is 80.0. The third-order valence-corrected chi connectivity index (χ3v) is 3.58. The number of phenols is 1. The third-order valence-electron chi connectivity index (χ3n) is 2.50. The molecule has 0 heterocycles. The van der Waals surface area contributed by atoms with E-state index in [1.165, 1.54) is 0 Å². The summed E-state index contributed by atoms with van der Waals surface area (Å²) in [7, 11) is 0. The van der Waals surface area contributed by atoms with Gasteiger partial charge < -0.3 is 5.11 Å². The van der Waals surface area contributed by atoms with E-state index in [9.17, 15) is 9.90 Å². The van der Waals surface area contributed by atoms with Crippen molar-refractivity contribution in [2.45, 2.75) is 28.8 Å². The van der Waals surface area contributed by atoms with Crippen molar-refractivity contribution in [3.63, 3.8) is 0 Å². The van der Waals surface area contributed by atoms with Gasteiger partial charge in [0.25, 0.3) is 0 Å². The van der Waals surface area contributed by atoms with Gasteiger partial charge in [-0.1, -0.05) is 61.6 Å². The number of benzene rings is 1. The Morgan fingerprint density at radius 3 is 2.24 bits per heavy atom. The lowest BCUT2D eigenvalue weighted by Gasteiger charge is -2.16. The van der Waals surface area contributed by atoms with Crippen molar-refractivity contribution in [1.29, 1.82) is 0 Å². The fourth-order valence-corrected chi connectivity index (χ4v) is 2.21. The fraction of sp³-hybridized carbons (Fsp3) is 0.417. The van der Waals surface area contributed by atoms with Gasteiger partial charge in [-0.05, 0) is 36.1 Å². The van der Waals surface area contributed by atoms with E-state index in [-0.39, 0.29) is 17.5 Å². The second kappa shape index (κ2) is 5.41. The molecule has 0 aliphatic carbocycles. The highest BCUT2D eigenvalue weighted by Gasteiger charge is 2.31. The molecule has 17 heavy (non-hydrogen) atoms. The molecule has 0 unspecified atom stereocenters. The molecule has 0 aliphatic heterocycles. The molecule has 0 spiro atoms. The van der Waals surface area contributed by atoms with Crippen LogP contribution in [-0.2, 0) is 0 Å². The quantitative estimate of drug-likeness (QED) is 0.540. The van der Waals surface area contributed by atoms with Gasteiger partial charge in [0.15, 0.2) is 2.14 Å². The standard InChI is InChI=1S/C12H13Br3O2/c1-6(2)8-5-9(7(3)4-10(8)16)11(17)12(13,14)15/h4-6,16H,1-3H3. The van der Waals surface area contributed by atoms with Crippen LogP contribution >= 0.6 is 47.8 Å². The van der Waals surface area contributed by atoms with Crippen molar-refractivity contribution >= 4 is 53.6 Å². The van der Waals surface area contributed by atoms with E-state index in [1.807, 2.05) is 13.8 Å². The zero-order chi connectivity index (χ0) is 13.4.